The van der Waals surface area contributed by atoms with Crippen LogP contribution in [0.15, 0.2) is 194 Å². The zero-order valence-corrected chi connectivity index (χ0v) is 51.5. The van der Waals surface area contributed by atoms with E-state index in [-0.39, 0.29) is 37.5 Å². The van der Waals surface area contributed by atoms with Crippen molar-refractivity contribution in [1.29, 1.82) is 0 Å². The summed E-state index contributed by atoms with van der Waals surface area (Å²) in [4.78, 5) is 38.1. The fourth-order valence-electron chi connectivity index (χ4n) is 7.88. The molecule has 0 N–H and O–H groups in total. The van der Waals surface area contributed by atoms with E-state index in [0.717, 1.165) is 167 Å². The highest BCUT2D eigenvalue weighted by molar-refractivity contribution is 5.71. The molecule has 6 nitrogen and oxygen atoms in total. The summed E-state index contributed by atoms with van der Waals surface area (Å²) in [5.74, 6) is -1.00. The lowest BCUT2D eigenvalue weighted by Gasteiger charge is -2.18. The average molecular weight is 1110 g/mol. The van der Waals surface area contributed by atoms with Crippen LogP contribution in [0, 0.1) is 0 Å². The van der Waals surface area contributed by atoms with Gasteiger partial charge in [-0.2, -0.15) is 0 Å². The summed E-state index contributed by atoms with van der Waals surface area (Å²) in [6, 6.07) is 0. The standard InChI is InChI=1S/C75H114O6/c1-4-7-10-13-16-18-20-22-24-26-28-30-32-34-36-37-39-40-42-44-46-48-50-52-54-56-59-62-65-68-74(77)80-71-72(70-79-73(76)67-64-61-58-15-12-9-6-3)81-75(78)69-66-63-60-57-55-53-51-49-47-45-43-41-38-35-33-31-29-27-25-23-21-19-17-14-11-8-5-2/h7-8,10-11,16-19,22-25,28-31,34-36,38-40,43-46,49-52,55,57,72H,4-6,9,12-15,20-21,26-27,32-33,37,41-42,47-48,53-54,56,58-71H2,1-3H3/b10-7-,11-8-,18-16-,19-17-,24-22-,25-23-,30-28-,31-29-,36-34-,38-35-,40-39-,45-43-,46-44-,51-49-,52-50-,57-55-. The molecule has 0 fully saturated rings. The van der Waals surface area contributed by atoms with E-state index in [1.54, 1.807) is 0 Å². The third kappa shape index (κ3) is 64.9. The van der Waals surface area contributed by atoms with Crippen LogP contribution in [0.4, 0.5) is 0 Å². The number of carbonyl (C=O) groups is 3. The molecule has 0 amide bonds. The van der Waals surface area contributed by atoms with E-state index in [9.17, 15) is 14.4 Å². The molecule has 0 heterocycles. The molecule has 0 saturated carbocycles. The molecule has 0 spiro atoms. The minimum Gasteiger partial charge on any atom is -0.462 e. The molecule has 0 aromatic carbocycles. The van der Waals surface area contributed by atoms with Gasteiger partial charge in [-0.3, -0.25) is 14.4 Å². The van der Waals surface area contributed by atoms with Gasteiger partial charge in [0.15, 0.2) is 6.10 Å². The number of ether oxygens (including phenoxy) is 3. The van der Waals surface area contributed by atoms with E-state index in [2.05, 4.69) is 215 Å². The first-order chi connectivity index (χ1) is 40.0. The van der Waals surface area contributed by atoms with Crippen LogP contribution in [-0.4, -0.2) is 37.2 Å². The number of rotatable bonds is 55. The molecular weight excluding hydrogens is 997 g/mol. The van der Waals surface area contributed by atoms with Crippen molar-refractivity contribution in [1.82, 2.24) is 0 Å². The predicted octanol–water partition coefficient (Wildman–Crippen LogP) is 22.2. The molecule has 0 aromatic rings. The fourth-order valence-corrected chi connectivity index (χ4v) is 7.88. The van der Waals surface area contributed by atoms with Crippen molar-refractivity contribution >= 4 is 17.9 Å². The van der Waals surface area contributed by atoms with Crippen LogP contribution < -0.4 is 0 Å². The molecule has 1 unspecified atom stereocenters. The van der Waals surface area contributed by atoms with Gasteiger partial charge in [0.05, 0.1) is 0 Å². The summed E-state index contributed by atoms with van der Waals surface area (Å²) in [5.41, 5.74) is 0. The number of allylic oxidation sites excluding steroid dienone is 32. The lowest BCUT2D eigenvalue weighted by atomic mass is 10.1. The minimum absolute atomic E-state index is 0.114. The second-order valence-electron chi connectivity index (χ2n) is 20.2. The quantitative estimate of drug-likeness (QED) is 0.0261. The Kier molecular flexibility index (Phi) is 62.0. The van der Waals surface area contributed by atoms with Gasteiger partial charge >= 0.3 is 17.9 Å². The van der Waals surface area contributed by atoms with E-state index in [0.29, 0.717) is 19.3 Å². The van der Waals surface area contributed by atoms with Gasteiger partial charge in [0.2, 0.25) is 0 Å². The van der Waals surface area contributed by atoms with Crippen LogP contribution in [0.1, 0.15) is 239 Å². The first-order valence-corrected chi connectivity index (χ1v) is 31.9. The Balaban J connectivity index is 4.36. The molecule has 0 bridgehead atoms. The third-order valence-electron chi connectivity index (χ3n) is 12.6. The van der Waals surface area contributed by atoms with Crippen LogP contribution in [0.25, 0.3) is 0 Å². The van der Waals surface area contributed by atoms with Gasteiger partial charge in [-0.05, 0) is 148 Å². The SMILES string of the molecule is CC/C=C\C/C=C\C/C=C\C/C=C\C/C=C\C/C=C\C/C=C\C/C=C\CCCCCCC(=O)OCC(COC(=O)CCCCCCCCC)OC(=O)CCCC/C=C\C/C=C\C/C=C\C/C=C\C/C=C\C/C=C\C/C=C\C/C=C\CC. The summed E-state index contributed by atoms with van der Waals surface area (Å²) in [7, 11) is 0. The molecular formula is C75H114O6. The number of esters is 3. The number of unbranched alkanes of at least 4 members (excludes halogenated alkanes) is 12. The lowest BCUT2D eigenvalue weighted by molar-refractivity contribution is -0.167. The number of carbonyl (C=O) groups excluding carboxylic acids is 3. The Bertz CT molecular complexity index is 1950. The summed E-state index contributed by atoms with van der Waals surface area (Å²) in [5, 5.41) is 0. The molecule has 81 heavy (non-hydrogen) atoms. The smallest absolute Gasteiger partial charge is 0.306 e. The third-order valence-corrected chi connectivity index (χ3v) is 12.6. The molecule has 0 aromatic heterocycles. The van der Waals surface area contributed by atoms with Gasteiger partial charge in [-0.1, -0.05) is 267 Å². The Morgan fingerprint density at radius 1 is 0.259 bits per heavy atom. The molecule has 0 saturated heterocycles. The van der Waals surface area contributed by atoms with Gasteiger partial charge < -0.3 is 14.2 Å². The minimum atomic E-state index is -0.822. The van der Waals surface area contributed by atoms with Gasteiger partial charge in [0, 0.05) is 19.3 Å². The van der Waals surface area contributed by atoms with Gasteiger partial charge in [0.1, 0.15) is 13.2 Å². The maximum absolute atomic E-state index is 12.9. The van der Waals surface area contributed by atoms with Crippen LogP contribution >= 0.6 is 0 Å². The van der Waals surface area contributed by atoms with Gasteiger partial charge in [-0.25, -0.2) is 0 Å². The van der Waals surface area contributed by atoms with Crippen LogP contribution in [0.5, 0.6) is 0 Å². The van der Waals surface area contributed by atoms with Crippen molar-refractivity contribution in [3.05, 3.63) is 194 Å². The highest BCUT2D eigenvalue weighted by Gasteiger charge is 2.19. The van der Waals surface area contributed by atoms with E-state index in [4.69, 9.17) is 14.2 Å². The largest absolute Gasteiger partial charge is 0.462 e. The maximum Gasteiger partial charge on any atom is 0.306 e. The van der Waals surface area contributed by atoms with E-state index >= 15 is 0 Å². The molecule has 0 aliphatic carbocycles. The second-order valence-corrected chi connectivity index (χ2v) is 20.2. The summed E-state index contributed by atoms with van der Waals surface area (Å²) in [6.45, 7) is 6.29. The van der Waals surface area contributed by atoms with Crippen LogP contribution in [0.2, 0.25) is 0 Å². The maximum atomic E-state index is 12.9. The summed E-state index contributed by atoms with van der Waals surface area (Å²) < 4.78 is 16.8. The lowest BCUT2D eigenvalue weighted by Crippen LogP contribution is -2.30. The Morgan fingerprint density at radius 2 is 0.481 bits per heavy atom. The molecule has 450 valence electrons. The molecule has 0 aliphatic heterocycles. The van der Waals surface area contributed by atoms with Gasteiger partial charge in [-0.15, -0.1) is 0 Å². The zero-order valence-electron chi connectivity index (χ0n) is 51.5. The molecule has 0 aliphatic rings. The van der Waals surface area contributed by atoms with Crippen molar-refractivity contribution in [2.24, 2.45) is 0 Å². The second kappa shape index (κ2) is 66.8. The van der Waals surface area contributed by atoms with E-state index < -0.39 is 6.10 Å². The van der Waals surface area contributed by atoms with Crippen molar-refractivity contribution < 1.29 is 28.6 Å². The normalized spacial score (nSPS) is 13.5. The molecule has 0 radical (unpaired) electrons. The molecule has 0 rings (SSSR count). The highest BCUT2D eigenvalue weighted by atomic mass is 16.6. The number of hydrogen-bond donors (Lipinski definition) is 0. The monoisotopic (exact) mass is 1110 g/mol. The van der Waals surface area contributed by atoms with Crippen molar-refractivity contribution in [2.75, 3.05) is 13.2 Å². The van der Waals surface area contributed by atoms with Crippen molar-refractivity contribution in [3.63, 3.8) is 0 Å². The predicted molar refractivity (Wildman–Crippen MR) is 352 cm³/mol. The Labute approximate surface area is 497 Å². The van der Waals surface area contributed by atoms with Crippen LogP contribution in [0.3, 0.4) is 0 Å². The Hall–Kier alpha value is -5.75. The highest BCUT2D eigenvalue weighted by Crippen LogP contribution is 2.12. The van der Waals surface area contributed by atoms with Crippen LogP contribution in [-0.2, 0) is 28.6 Å². The van der Waals surface area contributed by atoms with Crippen molar-refractivity contribution in [3.8, 4) is 0 Å². The van der Waals surface area contributed by atoms with E-state index in [1.165, 1.54) is 25.7 Å². The average Bonchev–Trinajstić information content (AvgIpc) is 3.47. The Morgan fingerprint density at radius 3 is 0.778 bits per heavy atom. The zero-order chi connectivity index (χ0) is 58.5. The van der Waals surface area contributed by atoms with Gasteiger partial charge in [0.25, 0.3) is 0 Å². The summed E-state index contributed by atoms with van der Waals surface area (Å²) >= 11 is 0. The topological polar surface area (TPSA) is 78.9 Å². The van der Waals surface area contributed by atoms with Crippen molar-refractivity contribution in [2.45, 2.75) is 245 Å². The molecule has 6 heteroatoms. The first-order valence-electron chi connectivity index (χ1n) is 31.9. The first kappa shape index (κ1) is 75.2. The molecule has 1 atom stereocenters. The number of hydrogen-bond acceptors (Lipinski definition) is 6. The van der Waals surface area contributed by atoms with E-state index in [1.807, 2.05) is 0 Å². The summed E-state index contributed by atoms with van der Waals surface area (Å²) in [6.07, 6.45) is 102. The fraction of sp³-hybridized carbons (Fsp3) is 0.533.